The molecule has 15 nitrogen and oxygen atoms in total. The maximum atomic E-state index is 12.7. The lowest BCUT2D eigenvalue weighted by molar-refractivity contribution is -0.152. The van der Waals surface area contributed by atoms with Gasteiger partial charge in [-0.25, -0.2) is 33.1 Å². The molecular formula is C21H21N3O12. The zero-order valence-electron chi connectivity index (χ0n) is 18.8. The van der Waals surface area contributed by atoms with Gasteiger partial charge in [-0.05, 0) is 18.2 Å². The van der Waals surface area contributed by atoms with E-state index in [9.17, 15) is 43.2 Å². The molecule has 0 N–H and O–H groups in total. The zero-order chi connectivity index (χ0) is 27.4. The third-order valence-electron chi connectivity index (χ3n) is 4.15. The molecular weight excluding hydrogens is 486 g/mol. The lowest BCUT2D eigenvalue weighted by Crippen LogP contribution is -2.57. The Labute approximate surface area is 201 Å². The highest BCUT2D eigenvalue weighted by atomic mass is 16.7. The number of rotatable bonds is 16. The molecule has 192 valence electrons. The van der Waals surface area contributed by atoms with Gasteiger partial charge < -0.3 is 14.3 Å². The smallest absolute Gasteiger partial charge is 0.379 e. The van der Waals surface area contributed by atoms with Gasteiger partial charge in [0.05, 0.1) is 19.5 Å². The highest BCUT2D eigenvalue weighted by Gasteiger charge is 2.20. The van der Waals surface area contributed by atoms with Gasteiger partial charge in [0.1, 0.15) is 19.8 Å². The summed E-state index contributed by atoms with van der Waals surface area (Å²) < 4.78 is 10.1. The van der Waals surface area contributed by atoms with Crippen molar-refractivity contribution in [1.82, 2.24) is 13.9 Å². The molecule has 0 radical (unpaired) electrons. The van der Waals surface area contributed by atoms with Crippen LogP contribution in [0.1, 0.15) is 6.42 Å². The molecule has 1 aromatic rings. The second kappa shape index (κ2) is 13.7. The van der Waals surface area contributed by atoms with E-state index < -0.39 is 91.5 Å². The van der Waals surface area contributed by atoms with Crippen LogP contribution in [0.2, 0.25) is 0 Å². The highest BCUT2D eigenvalue weighted by Crippen LogP contribution is 1.89. The lowest BCUT2D eigenvalue weighted by Gasteiger charge is -2.14. The minimum absolute atomic E-state index is 0.0977. The summed E-state index contributed by atoms with van der Waals surface area (Å²) in [7, 11) is 0. The number of aromatic nitrogens is 3. The van der Waals surface area contributed by atoms with E-state index in [0.29, 0.717) is 21.3 Å². The molecule has 1 heterocycles. The van der Waals surface area contributed by atoms with Crippen molar-refractivity contribution >= 4 is 35.1 Å². The van der Waals surface area contributed by atoms with Gasteiger partial charge in [0.2, 0.25) is 11.6 Å². The number of nitrogens with zero attached hydrogens (tertiary/aromatic N) is 3. The van der Waals surface area contributed by atoms with Crippen LogP contribution in [0.15, 0.2) is 52.3 Å². The molecule has 0 aromatic carbocycles. The molecule has 0 bridgehead atoms. The third kappa shape index (κ3) is 7.54. The number of ether oxygens (including phenoxy) is 2. The van der Waals surface area contributed by atoms with Crippen LogP contribution in [0.3, 0.4) is 0 Å². The minimum atomic E-state index is -1.34. The van der Waals surface area contributed by atoms with Crippen molar-refractivity contribution < 1.29 is 43.1 Å². The molecule has 1 rings (SSSR count). The second-order valence-corrected chi connectivity index (χ2v) is 6.43. The minimum Gasteiger partial charge on any atom is -0.458 e. The first-order chi connectivity index (χ1) is 17.0. The quantitative estimate of drug-likeness (QED) is 0.124. The molecule has 0 saturated carbocycles. The van der Waals surface area contributed by atoms with Crippen LogP contribution in [0.25, 0.3) is 0 Å². The van der Waals surface area contributed by atoms with Crippen LogP contribution in [0.5, 0.6) is 0 Å². The van der Waals surface area contributed by atoms with Crippen molar-refractivity contribution in [1.29, 1.82) is 0 Å². The summed E-state index contributed by atoms with van der Waals surface area (Å²) in [6.45, 7) is 6.13. The molecule has 0 atom stereocenters. The first-order valence-corrected chi connectivity index (χ1v) is 9.96. The Morgan fingerprint density at radius 3 is 1.44 bits per heavy atom. The number of ketones is 4. The number of esters is 2. The molecule has 1 aromatic heterocycles. The zero-order valence-corrected chi connectivity index (χ0v) is 18.8. The van der Waals surface area contributed by atoms with Crippen molar-refractivity contribution in [3.8, 4) is 0 Å². The number of Topliss-reactive ketones (excluding diaryl/α,β-unsaturated/α-hetero) is 1. The summed E-state index contributed by atoms with van der Waals surface area (Å²) in [5, 5.41) is 0. The van der Waals surface area contributed by atoms with E-state index in [-0.39, 0.29) is 4.73 Å². The normalized spacial score (nSPS) is 10.0. The third-order valence-corrected chi connectivity index (χ3v) is 4.15. The van der Waals surface area contributed by atoms with Gasteiger partial charge in [-0.1, -0.05) is 24.5 Å². The summed E-state index contributed by atoms with van der Waals surface area (Å²) in [4.78, 5) is 111. The van der Waals surface area contributed by atoms with Gasteiger partial charge in [-0.15, -0.1) is 0 Å². The Balaban J connectivity index is 3.26. The standard InChI is InChI=1S/C21H21N3O12/c1-4-13(25)16(28)7-10-36-24-20(32)22(8-11-34-17(29)14(26)5-2)19(31)23(21(24)33)9-12-35-18(30)15(27)6-3/h4-6H,1-3,7-12H2. The monoisotopic (exact) mass is 507 g/mol. The maximum Gasteiger partial charge on any atom is 0.379 e. The first-order valence-electron chi connectivity index (χ1n) is 9.96. The van der Waals surface area contributed by atoms with Crippen molar-refractivity contribution in [3.63, 3.8) is 0 Å². The summed E-state index contributed by atoms with van der Waals surface area (Å²) >= 11 is 0. The highest BCUT2D eigenvalue weighted by molar-refractivity contribution is 6.41. The number of carbonyl (C=O) groups is 6. The fourth-order valence-electron chi connectivity index (χ4n) is 2.34. The summed E-state index contributed by atoms with van der Waals surface area (Å²) in [6.07, 6.45) is 1.59. The largest absolute Gasteiger partial charge is 0.458 e. The average Bonchev–Trinajstić information content (AvgIpc) is 2.87. The first kappa shape index (κ1) is 29.1. The summed E-state index contributed by atoms with van der Waals surface area (Å²) in [6, 6.07) is 0. The Morgan fingerprint density at radius 1 is 0.639 bits per heavy atom. The number of hydrogen-bond donors (Lipinski definition) is 0. The van der Waals surface area contributed by atoms with E-state index in [4.69, 9.17) is 4.84 Å². The van der Waals surface area contributed by atoms with Crippen LogP contribution >= 0.6 is 0 Å². The van der Waals surface area contributed by atoms with Crippen LogP contribution in [0, 0.1) is 0 Å². The summed E-state index contributed by atoms with van der Waals surface area (Å²) in [5.74, 6) is -6.64. The molecule has 0 fully saturated rings. The Kier molecular flexibility index (Phi) is 11.1. The van der Waals surface area contributed by atoms with E-state index in [1.807, 2.05) is 0 Å². The van der Waals surface area contributed by atoms with E-state index in [0.717, 1.165) is 6.08 Å². The van der Waals surface area contributed by atoms with E-state index in [1.165, 1.54) is 0 Å². The van der Waals surface area contributed by atoms with Crippen LogP contribution in [-0.4, -0.2) is 68.8 Å². The number of carbonyl (C=O) groups excluding carboxylic acids is 6. The van der Waals surface area contributed by atoms with E-state index >= 15 is 0 Å². The second-order valence-electron chi connectivity index (χ2n) is 6.43. The summed E-state index contributed by atoms with van der Waals surface area (Å²) in [5.41, 5.74) is -3.91. The number of allylic oxidation sites excluding steroid dienone is 1. The predicted octanol–water partition coefficient (Wildman–Crippen LogP) is -3.09. The predicted molar refractivity (Wildman–Crippen MR) is 118 cm³/mol. The van der Waals surface area contributed by atoms with Crippen molar-refractivity contribution in [2.75, 3.05) is 19.8 Å². The van der Waals surface area contributed by atoms with Gasteiger partial charge in [0.25, 0.3) is 11.6 Å². The number of hydrogen-bond acceptors (Lipinski definition) is 12. The van der Waals surface area contributed by atoms with Crippen LogP contribution < -0.4 is 21.9 Å². The molecule has 0 spiro atoms. The fraction of sp³-hybridized carbons (Fsp3) is 0.286. The molecule has 0 aliphatic rings. The van der Waals surface area contributed by atoms with Gasteiger partial charge in [-0.2, -0.15) is 0 Å². The Hall–Kier alpha value is -4.95. The van der Waals surface area contributed by atoms with Gasteiger partial charge in [0.15, 0.2) is 0 Å². The molecule has 36 heavy (non-hydrogen) atoms. The molecule has 0 aliphatic heterocycles. The van der Waals surface area contributed by atoms with Crippen LogP contribution in [-0.2, 0) is 51.3 Å². The van der Waals surface area contributed by atoms with E-state index in [1.54, 1.807) is 0 Å². The average molecular weight is 507 g/mol. The van der Waals surface area contributed by atoms with Crippen molar-refractivity contribution in [3.05, 3.63) is 69.4 Å². The fourth-order valence-corrected chi connectivity index (χ4v) is 2.34. The SMILES string of the molecule is C=CC(=O)C(=O)CCOn1c(=O)n(CCOC(=O)C(=O)C=C)c(=O)n(CCOC(=O)C(=O)C=C)c1=O. The van der Waals surface area contributed by atoms with Gasteiger partial charge in [-0.3, -0.25) is 19.2 Å². The van der Waals surface area contributed by atoms with E-state index in [2.05, 4.69) is 29.2 Å². The van der Waals surface area contributed by atoms with Gasteiger partial charge in [0, 0.05) is 0 Å². The molecule has 0 aliphatic carbocycles. The lowest BCUT2D eigenvalue weighted by atomic mass is 10.2. The molecule has 15 heteroatoms. The molecule has 0 saturated heterocycles. The maximum absolute atomic E-state index is 12.7. The van der Waals surface area contributed by atoms with Gasteiger partial charge >= 0.3 is 29.0 Å². The molecule has 0 amide bonds. The Morgan fingerprint density at radius 2 is 1.06 bits per heavy atom. The Bertz CT molecular complexity index is 1110. The van der Waals surface area contributed by atoms with Crippen molar-refractivity contribution in [2.45, 2.75) is 19.5 Å². The van der Waals surface area contributed by atoms with Crippen molar-refractivity contribution in [2.24, 2.45) is 0 Å². The topological polar surface area (TPSA) is 196 Å². The molecule has 0 unspecified atom stereocenters. The van der Waals surface area contributed by atoms with Crippen LogP contribution in [0.4, 0.5) is 0 Å².